The zero-order chi connectivity index (χ0) is 17.8. The second kappa shape index (κ2) is 5.96. The standard InChI is InChI=1S/C22H33NO2/c1-4-5-19(25)18-7-6-16-15-13-23-20-12-14(24)8-10-22(20,3)17(15)9-11-21(16,18)2/h12,15-18,23H,4-11,13H2,1-3H3/t15-,16-,17-,18+,21-,22+/m0/s1. The molecule has 3 aliphatic carbocycles. The molecule has 4 aliphatic rings. The average Bonchev–Trinajstić information content (AvgIpc) is 2.93. The van der Waals surface area contributed by atoms with Crippen LogP contribution in [-0.2, 0) is 9.59 Å². The number of nitrogens with one attached hydrogen (secondary N) is 1. The van der Waals surface area contributed by atoms with Gasteiger partial charge in [0.05, 0.1) is 0 Å². The molecular formula is C22H33NO2. The maximum Gasteiger partial charge on any atom is 0.157 e. The van der Waals surface area contributed by atoms with Crippen molar-refractivity contribution in [3.8, 4) is 0 Å². The molecule has 0 aromatic rings. The summed E-state index contributed by atoms with van der Waals surface area (Å²) in [4.78, 5) is 24.6. The average molecular weight is 344 g/mol. The summed E-state index contributed by atoms with van der Waals surface area (Å²) in [5.74, 6) is 3.09. The summed E-state index contributed by atoms with van der Waals surface area (Å²) in [6.45, 7) is 7.91. The van der Waals surface area contributed by atoms with Crippen molar-refractivity contribution in [2.75, 3.05) is 6.54 Å². The summed E-state index contributed by atoms with van der Waals surface area (Å²) >= 11 is 0. The molecule has 3 fully saturated rings. The molecule has 3 nitrogen and oxygen atoms in total. The van der Waals surface area contributed by atoms with Gasteiger partial charge >= 0.3 is 0 Å². The van der Waals surface area contributed by atoms with Gasteiger partial charge in [-0.05, 0) is 61.7 Å². The molecule has 0 spiro atoms. The van der Waals surface area contributed by atoms with E-state index >= 15 is 0 Å². The summed E-state index contributed by atoms with van der Waals surface area (Å²) in [6.07, 6.45) is 10.0. The first-order chi connectivity index (χ1) is 11.9. The van der Waals surface area contributed by atoms with Crippen LogP contribution in [0.25, 0.3) is 0 Å². The summed E-state index contributed by atoms with van der Waals surface area (Å²) in [6, 6.07) is 0. The van der Waals surface area contributed by atoms with Crippen LogP contribution in [0.2, 0.25) is 0 Å². The van der Waals surface area contributed by atoms with E-state index in [9.17, 15) is 9.59 Å². The number of hydrogen-bond donors (Lipinski definition) is 1. The molecule has 4 rings (SSSR count). The molecule has 1 saturated heterocycles. The minimum absolute atomic E-state index is 0.143. The first kappa shape index (κ1) is 17.3. The van der Waals surface area contributed by atoms with Crippen molar-refractivity contribution in [1.29, 1.82) is 0 Å². The lowest BCUT2D eigenvalue weighted by Crippen LogP contribution is -2.57. The van der Waals surface area contributed by atoms with E-state index in [1.807, 2.05) is 6.08 Å². The van der Waals surface area contributed by atoms with E-state index in [2.05, 4.69) is 26.1 Å². The molecule has 0 bridgehead atoms. The Morgan fingerprint density at radius 3 is 2.76 bits per heavy atom. The zero-order valence-electron chi connectivity index (χ0n) is 16.1. The molecule has 1 aliphatic heterocycles. The van der Waals surface area contributed by atoms with Gasteiger partial charge in [0.15, 0.2) is 5.78 Å². The predicted octanol–water partition coefficient (Wildman–Crippen LogP) is 4.27. The third kappa shape index (κ3) is 2.44. The van der Waals surface area contributed by atoms with Crippen LogP contribution >= 0.6 is 0 Å². The van der Waals surface area contributed by atoms with Crippen LogP contribution in [0.15, 0.2) is 11.8 Å². The van der Waals surface area contributed by atoms with Gasteiger partial charge in [0.2, 0.25) is 0 Å². The number of allylic oxidation sites excluding steroid dienone is 2. The third-order valence-corrected chi connectivity index (χ3v) is 8.48. The van der Waals surface area contributed by atoms with Crippen molar-refractivity contribution in [2.45, 2.75) is 72.1 Å². The molecule has 0 aromatic heterocycles. The molecule has 25 heavy (non-hydrogen) atoms. The maximum absolute atomic E-state index is 12.7. The van der Waals surface area contributed by atoms with Gasteiger partial charge in [-0.1, -0.05) is 20.8 Å². The number of carbonyl (C=O) groups excluding carboxylic acids is 2. The number of piperidine rings is 1. The van der Waals surface area contributed by atoms with Crippen molar-refractivity contribution in [2.24, 2.45) is 34.5 Å². The van der Waals surface area contributed by atoms with Crippen LogP contribution in [-0.4, -0.2) is 18.1 Å². The molecule has 0 radical (unpaired) electrons. The number of Topliss-reactive ketones (excluding diaryl/α,β-unsaturated/α-hetero) is 1. The molecule has 0 aromatic carbocycles. The fourth-order valence-corrected chi connectivity index (χ4v) is 7.09. The maximum atomic E-state index is 12.7. The number of carbonyl (C=O) groups is 2. The minimum atomic E-state index is 0.143. The number of hydrogen-bond acceptors (Lipinski definition) is 3. The minimum Gasteiger partial charge on any atom is -0.387 e. The fourth-order valence-electron chi connectivity index (χ4n) is 7.09. The van der Waals surface area contributed by atoms with Crippen LogP contribution in [0.3, 0.4) is 0 Å². The topological polar surface area (TPSA) is 46.2 Å². The van der Waals surface area contributed by atoms with E-state index in [4.69, 9.17) is 0 Å². The summed E-state index contributed by atoms with van der Waals surface area (Å²) in [7, 11) is 0. The Balaban J connectivity index is 1.61. The van der Waals surface area contributed by atoms with Crippen molar-refractivity contribution in [3.05, 3.63) is 11.8 Å². The van der Waals surface area contributed by atoms with Gasteiger partial charge < -0.3 is 5.32 Å². The van der Waals surface area contributed by atoms with Crippen LogP contribution in [0.1, 0.15) is 72.1 Å². The Hall–Kier alpha value is -1.12. The molecule has 0 amide bonds. The van der Waals surface area contributed by atoms with Gasteiger partial charge in [0.25, 0.3) is 0 Å². The smallest absolute Gasteiger partial charge is 0.157 e. The van der Waals surface area contributed by atoms with E-state index in [-0.39, 0.29) is 22.5 Å². The van der Waals surface area contributed by atoms with Crippen molar-refractivity contribution in [1.82, 2.24) is 5.32 Å². The van der Waals surface area contributed by atoms with E-state index in [0.29, 0.717) is 30.0 Å². The fraction of sp³-hybridized carbons (Fsp3) is 0.818. The van der Waals surface area contributed by atoms with E-state index in [0.717, 1.165) is 32.2 Å². The van der Waals surface area contributed by atoms with Crippen LogP contribution in [0.4, 0.5) is 0 Å². The SMILES string of the molecule is CCCC(=O)[C@H]1CC[C@H]2[C@@H]3CNC4=CC(=O)CC[C@]4(C)[C@H]3CC[C@]12C. The highest BCUT2D eigenvalue weighted by atomic mass is 16.1. The lowest BCUT2D eigenvalue weighted by atomic mass is 9.49. The van der Waals surface area contributed by atoms with Gasteiger partial charge in [-0.2, -0.15) is 0 Å². The highest BCUT2D eigenvalue weighted by Crippen LogP contribution is 2.64. The van der Waals surface area contributed by atoms with E-state index in [1.54, 1.807) is 0 Å². The second-order valence-electron chi connectivity index (χ2n) is 9.59. The summed E-state index contributed by atoms with van der Waals surface area (Å²) < 4.78 is 0. The highest BCUT2D eigenvalue weighted by molar-refractivity contribution is 5.91. The molecule has 138 valence electrons. The van der Waals surface area contributed by atoms with Crippen molar-refractivity contribution in [3.63, 3.8) is 0 Å². The number of ketones is 2. The van der Waals surface area contributed by atoms with E-state index in [1.165, 1.54) is 25.0 Å². The zero-order valence-corrected chi connectivity index (χ0v) is 16.1. The molecule has 1 N–H and O–H groups in total. The number of rotatable bonds is 3. The largest absolute Gasteiger partial charge is 0.387 e. The Morgan fingerprint density at radius 2 is 2.00 bits per heavy atom. The van der Waals surface area contributed by atoms with Gasteiger partial charge in [-0.25, -0.2) is 0 Å². The highest BCUT2D eigenvalue weighted by Gasteiger charge is 2.60. The van der Waals surface area contributed by atoms with Gasteiger partial charge in [0.1, 0.15) is 5.78 Å². The summed E-state index contributed by atoms with van der Waals surface area (Å²) in [5.41, 5.74) is 1.55. The van der Waals surface area contributed by atoms with Gasteiger partial charge in [-0.3, -0.25) is 9.59 Å². The molecule has 1 heterocycles. The van der Waals surface area contributed by atoms with Crippen LogP contribution < -0.4 is 5.32 Å². The van der Waals surface area contributed by atoms with Gasteiger partial charge in [0, 0.05) is 42.5 Å². The van der Waals surface area contributed by atoms with Gasteiger partial charge in [-0.15, -0.1) is 0 Å². The lowest BCUT2D eigenvalue weighted by molar-refractivity contribution is -0.130. The summed E-state index contributed by atoms with van der Waals surface area (Å²) in [5, 5.41) is 3.65. The molecule has 0 unspecified atom stereocenters. The molecule has 6 atom stereocenters. The van der Waals surface area contributed by atoms with Crippen LogP contribution in [0, 0.1) is 34.5 Å². The van der Waals surface area contributed by atoms with E-state index < -0.39 is 0 Å². The monoisotopic (exact) mass is 343 g/mol. The van der Waals surface area contributed by atoms with Crippen molar-refractivity contribution >= 4 is 11.6 Å². The Bertz CT molecular complexity index is 624. The third-order valence-electron chi connectivity index (χ3n) is 8.48. The lowest BCUT2D eigenvalue weighted by Gasteiger charge is -2.58. The molecular weight excluding hydrogens is 310 g/mol. The quantitative estimate of drug-likeness (QED) is 0.832. The Labute approximate surface area is 152 Å². The first-order valence-corrected chi connectivity index (χ1v) is 10.4. The molecule has 2 saturated carbocycles. The second-order valence-corrected chi connectivity index (χ2v) is 9.59. The number of fused-ring (bicyclic) bond motifs is 5. The Kier molecular flexibility index (Phi) is 4.12. The molecule has 3 heteroatoms. The normalized spacial score (nSPS) is 45.7. The first-order valence-electron chi connectivity index (χ1n) is 10.4. The van der Waals surface area contributed by atoms with Crippen molar-refractivity contribution < 1.29 is 9.59 Å². The van der Waals surface area contributed by atoms with Crippen LogP contribution in [0.5, 0.6) is 0 Å². The Morgan fingerprint density at radius 1 is 1.20 bits per heavy atom. The predicted molar refractivity (Wildman–Crippen MR) is 98.9 cm³/mol.